The third-order valence-corrected chi connectivity index (χ3v) is 3.68. The molecule has 1 aromatic rings. The molecular weight excluding hydrogens is 274 g/mol. The molecule has 0 heterocycles. The minimum atomic E-state index is -2.89. The first-order valence-corrected chi connectivity index (χ1v) is 8.62. The maximum absolute atomic E-state index is 11.1. The van der Waals surface area contributed by atoms with Crippen molar-refractivity contribution < 1.29 is 8.42 Å². The molecule has 0 aromatic heterocycles. The van der Waals surface area contributed by atoms with Crippen LogP contribution in [0.4, 0.5) is 0 Å². The SMILES string of the molecule is CN(C)C(=NCc1ccccc1)NCCCS(C)(=O)=O. The van der Waals surface area contributed by atoms with Gasteiger partial charge in [0.15, 0.2) is 5.96 Å². The largest absolute Gasteiger partial charge is 0.356 e. The van der Waals surface area contributed by atoms with Gasteiger partial charge in [0.25, 0.3) is 0 Å². The number of rotatable bonds is 6. The highest BCUT2D eigenvalue weighted by Gasteiger charge is 2.04. The van der Waals surface area contributed by atoms with Crippen molar-refractivity contribution in [3.8, 4) is 0 Å². The Bertz CT molecular complexity index is 525. The maximum Gasteiger partial charge on any atom is 0.193 e. The van der Waals surface area contributed by atoms with Crippen LogP contribution in [0.3, 0.4) is 0 Å². The average Bonchev–Trinajstić information content (AvgIpc) is 2.37. The molecule has 0 saturated carbocycles. The predicted molar refractivity (Wildman–Crippen MR) is 83.6 cm³/mol. The van der Waals surface area contributed by atoms with E-state index in [9.17, 15) is 8.42 Å². The molecule has 0 spiro atoms. The Hall–Kier alpha value is -1.56. The third-order valence-electron chi connectivity index (χ3n) is 2.65. The van der Waals surface area contributed by atoms with Crippen molar-refractivity contribution in [1.82, 2.24) is 10.2 Å². The summed E-state index contributed by atoms with van der Waals surface area (Å²) >= 11 is 0. The molecule has 0 radical (unpaired) electrons. The van der Waals surface area contributed by atoms with Crippen LogP contribution in [0.5, 0.6) is 0 Å². The van der Waals surface area contributed by atoms with Gasteiger partial charge in [-0.05, 0) is 12.0 Å². The molecule has 112 valence electrons. The van der Waals surface area contributed by atoms with Crippen molar-refractivity contribution in [1.29, 1.82) is 0 Å². The fraction of sp³-hybridized carbons (Fsp3) is 0.500. The summed E-state index contributed by atoms with van der Waals surface area (Å²) in [6.07, 6.45) is 1.83. The zero-order valence-corrected chi connectivity index (χ0v) is 13.2. The molecule has 0 aliphatic heterocycles. The van der Waals surface area contributed by atoms with Gasteiger partial charge >= 0.3 is 0 Å². The minimum absolute atomic E-state index is 0.194. The first-order chi connectivity index (χ1) is 9.38. The highest BCUT2D eigenvalue weighted by molar-refractivity contribution is 7.90. The molecular formula is C14H23N3O2S. The van der Waals surface area contributed by atoms with Gasteiger partial charge in [-0.15, -0.1) is 0 Å². The van der Waals surface area contributed by atoms with Crippen molar-refractivity contribution in [2.45, 2.75) is 13.0 Å². The van der Waals surface area contributed by atoms with Crippen LogP contribution in [-0.4, -0.2) is 51.9 Å². The molecule has 0 saturated heterocycles. The summed E-state index contributed by atoms with van der Waals surface area (Å²) in [6, 6.07) is 10.0. The lowest BCUT2D eigenvalue weighted by atomic mass is 10.2. The Morgan fingerprint density at radius 3 is 2.45 bits per heavy atom. The van der Waals surface area contributed by atoms with E-state index in [1.165, 1.54) is 6.26 Å². The number of sulfone groups is 1. The standard InChI is InChI=1S/C14H23N3O2S/c1-17(2)14(15-10-7-11-20(3,18)19)16-12-13-8-5-4-6-9-13/h4-6,8-9H,7,10-12H2,1-3H3,(H,15,16). The number of nitrogens with zero attached hydrogens (tertiary/aromatic N) is 2. The van der Waals surface area contributed by atoms with Crippen LogP contribution in [0.15, 0.2) is 35.3 Å². The van der Waals surface area contributed by atoms with Gasteiger partial charge < -0.3 is 10.2 Å². The fourth-order valence-corrected chi connectivity index (χ4v) is 2.31. The Morgan fingerprint density at radius 1 is 1.25 bits per heavy atom. The van der Waals surface area contributed by atoms with Crippen molar-refractivity contribution in [3.05, 3.63) is 35.9 Å². The van der Waals surface area contributed by atoms with Crippen LogP contribution >= 0.6 is 0 Å². The number of hydrogen-bond acceptors (Lipinski definition) is 3. The third kappa shape index (κ3) is 7.13. The molecule has 0 aliphatic carbocycles. The second-order valence-electron chi connectivity index (χ2n) is 4.93. The molecule has 0 aliphatic rings. The van der Waals surface area contributed by atoms with Crippen molar-refractivity contribution in [2.75, 3.05) is 32.6 Å². The summed E-state index contributed by atoms with van der Waals surface area (Å²) in [4.78, 5) is 6.40. The molecule has 0 bridgehead atoms. The molecule has 6 heteroatoms. The van der Waals surface area contributed by atoms with E-state index in [-0.39, 0.29) is 5.75 Å². The highest BCUT2D eigenvalue weighted by Crippen LogP contribution is 2.00. The lowest BCUT2D eigenvalue weighted by molar-refractivity contribution is 0.574. The van der Waals surface area contributed by atoms with Gasteiger partial charge in [0.2, 0.25) is 0 Å². The topological polar surface area (TPSA) is 61.8 Å². The first kappa shape index (κ1) is 16.5. The number of benzene rings is 1. The molecule has 0 fully saturated rings. The highest BCUT2D eigenvalue weighted by atomic mass is 32.2. The summed E-state index contributed by atoms with van der Waals surface area (Å²) in [6.45, 7) is 1.20. The number of aliphatic imine (C=N–C) groups is 1. The molecule has 5 nitrogen and oxygen atoms in total. The molecule has 0 amide bonds. The molecule has 1 N–H and O–H groups in total. The molecule has 1 rings (SSSR count). The Labute approximate surface area is 121 Å². The van der Waals surface area contributed by atoms with E-state index in [1.54, 1.807) is 0 Å². The van der Waals surface area contributed by atoms with Gasteiger partial charge in [0.1, 0.15) is 9.84 Å². The van der Waals surface area contributed by atoms with E-state index in [2.05, 4.69) is 10.3 Å². The van der Waals surface area contributed by atoms with Gasteiger partial charge in [0.05, 0.1) is 12.3 Å². The zero-order valence-electron chi connectivity index (χ0n) is 12.3. The van der Waals surface area contributed by atoms with E-state index in [0.717, 1.165) is 11.5 Å². The van der Waals surface area contributed by atoms with E-state index < -0.39 is 9.84 Å². The lowest BCUT2D eigenvalue weighted by Crippen LogP contribution is -2.37. The van der Waals surface area contributed by atoms with Gasteiger partial charge in [-0.2, -0.15) is 0 Å². The summed E-state index contributed by atoms with van der Waals surface area (Å²) in [5.74, 6) is 0.960. The van der Waals surface area contributed by atoms with E-state index >= 15 is 0 Å². The van der Waals surface area contributed by atoms with Crippen molar-refractivity contribution in [3.63, 3.8) is 0 Å². The van der Waals surface area contributed by atoms with Crippen LogP contribution < -0.4 is 5.32 Å². The maximum atomic E-state index is 11.1. The summed E-state index contributed by atoms with van der Waals surface area (Å²) in [5.41, 5.74) is 1.14. The van der Waals surface area contributed by atoms with Gasteiger partial charge in [-0.25, -0.2) is 13.4 Å². The molecule has 0 atom stereocenters. The van der Waals surface area contributed by atoms with E-state index in [0.29, 0.717) is 19.5 Å². The number of hydrogen-bond donors (Lipinski definition) is 1. The number of guanidine groups is 1. The summed E-state index contributed by atoms with van der Waals surface area (Å²) in [5, 5.41) is 3.17. The minimum Gasteiger partial charge on any atom is -0.356 e. The second kappa shape index (κ2) is 7.89. The van der Waals surface area contributed by atoms with Crippen LogP contribution in [0, 0.1) is 0 Å². The van der Waals surface area contributed by atoms with Crippen molar-refractivity contribution in [2.24, 2.45) is 4.99 Å². The van der Waals surface area contributed by atoms with Gasteiger partial charge in [-0.1, -0.05) is 30.3 Å². The van der Waals surface area contributed by atoms with Crippen LogP contribution in [0.25, 0.3) is 0 Å². The van der Waals surface area contributed by atoms with Crippen LogP contribution in [0.1, 0.15) is 12.0 Å². The lowest BCUT2D eigenvalue weighted by Gasteiger charge is -2.17. The summed E-state index contributed by atoms with van der Waals surface area (Å²) < 4.78 is 22.1. The quantitative estimate of drug-likeness (QED) is 0.486. The van der Waals surface area contributed by atoms with Crippen LogP contribution in [0.2, 0.25) is 0 Å². The van der Waals surface area contributed by atoms with E-state index in [1.807, 2.05) is 49.3 Å². The van der Waals surface area contributed by atoms with Crippen molar-refractivity contribution >= 4 is 15.8 Å². The normalized spacial score (nSPS) is 12.2. The van der Waals surface area contributed by atoms with Gasteiger partial charge in [-0.3, -0.25) is 0 Å². The fourth-order valence-electron chi connectivity index (χ4n) is 1.64. The monoisotopic (exact) mass is 297 g/mol. The zero-order chi connectivity index (χ0) is 15.0. The van der Waals surface area contributed by atoms with Crippen LogP contribution in [-0.2, 0) is 16.4 Å². The Balaban J connectivity index is 2.48. The van der Waals surface area contributed by atoms with Gasteiger partial charge in [0, 0.05) is 26.9 Å². The first-order valence-electron chi connectivity index (χ1n) is 6.56. The molecule has 20 heavy (non-hydrogen) atoms. The predicted octanol–water partition coefficient (Wildman–Crippen LogP) is 1.13. The number of nitrogens with one attached hydrogen (secondary N) is 1. The summed E-state index contributed by atoms with van der Waals surface area (Å²) in [7, 11) is 0.929. The Morgan fingerprint density at radius 2 is 1.90 bits per heavy atom. The smallest absolute Gasteiger partial charge is 0.193 e. The average molecular weight is 297 g/mol. The van der Waals surface area contributed by atoms with E-state index in [4.69, 9.17) is 0 Å². The molecule has 1 aromatic carbocycles. The Kier molecular flexibility index (Phi) is 6.51. The second-order valence-corrected chi connectivity index (χ2v) is 7.19. The molecule has 0 unspecified atom stereocenters.